The van der Waals surface area contributed by atoms with E-state index in [2.05, 4.69) is 43.4 Å². The van der Waals surface area contributed by atoms with Crippen LogP contribution in [0.4, 0.5) is 0 Å². The average Bonchev–Trinajstić information content (AvgIpc) is 2.88. The Morgan fingerprint density at radius 2 is 1.95 bits per heavy atom. The third kappa shape index (κ3) is 4.43. The van der Waals surface area contributed by atoms with Crippen LogP contribution in [0.25, 0.3) is 0 Å². The quantitative estimate of drug-likeness (QED) is 0.782. The van der Waals surface area contributed by atoms with Gasteiger partial charge in [-0.15, -0.1) is 11.3 Å². The van der Waals surface area contributed by atoms with Crippen molar-refractivity contribution >= 4 is 34.5 Å². The Morgan fingerprint density at radius 1 is 1.24 bits per heavy atom. The largest absolute Gasteiger partial charge is 0.305 e. The molecule has 1 aromatic heterocycles. The van der Waals surface area contributed by atoms with E-state index in [0.717, 1.165) is 17.8 Å². The van der Waals surface area contributed by atoms with Crippen LogP contribution in [0.5, 0.6) is 0 Å². The van der Waals surface area contributed by atoms with E-state index in [4.69, 9.17) is 23.2 Å². The van der Waals surface area contributed by atoms with Gasteiger partial charge in [0.05, 0.1) is 20.7 Å². The van der Waals surface area contributed by atoms with E-state index in [0.29, 0.717) is 10.0 Å². The molecule has 0 bridgehead atoms. The lowest BCUT2D eigenvalue weighted by molar-refractivity contribution is 0.556. The smallest absolute Gasteiger partial charge is 0.0982 e. The molecule has 1 atom stereocenters. The second-order valence-corrected chi connectivity index (χ2v) is 7.84. The lowest BCUT2D eigenvalue weighted by atomic mass is 9.98. The summed E-state index contributed by atoms with van der Waals surface area (Å²) < 4.78 is 0. The molecular weight excluding hydrogens is 323 g/mol. The number of nitrogens with one attached hydrogen (secondary N) is 1. The summed E-state index contributed by atoms with van der Waals surface area (Å²) in [6.45, 7) is 9.40. The number of thiazole rings is 1. The third-order valence-electron chi connectivity index (χ3n) is 3.23. The fourth-order valence-corrected chi connectivity index (χ4v) is 3.10. The van der Waals surface area contributed by atoms with Gasteiger partial charge in [0, 0.05) is 23.4 Å². The van der Waals surface area contributed by atoms with Gasteiger partial charge in [-0.2, -0.15) is 0 Å². The topological polar surface area (TPSA) is 24.9 Å². The number of halogens is 2. The van der Waals surface area contributed by atoms with E-state index >= 15 is 0 Å². The molecule has 0 radical (unpaired) electrons. The van der Waals surface area contributed by atoms with Crippen molar-refractivity contribution in [1.82, 2.24) is 10.3 Å². The molecule has 0 aliphatic rings. The minimum atomic E-state index is 0.109. The van der Waals surface area contributed by atoms with Crippen LogP contribution in [-0.4, -0.2) is 4.98 Å². The van der Waals surface area contributed by atoms with Crippen molar-refractivity contribution in [3.05, 3.63) is 49.9 Å². The highest BCUT2D eigenvalue weighted by molar-refractivity contribution is 7.09. The van der Waals surface area contributed by atoms with Crippen molar-refractivity contribution in [3.63, 3.8) is 0 Å². The van der Waals surface area contributed by atoms with Crippen LogP contribution in [0.15, 0.2) is 23.6 Å². The molecule has 0 saturated heterocycles. The number of nitrogens with zero attached hydrogens (tertiary/aromatic N) is 1. The van der Waals surface area contributed by atoms with Gasteiger partial charge in [0.15, 0.2) is 0 Å². The molecule has 0 saturated carbocycles. The molecule has 0 spiro atoms. The Kier molecular flexibility index (Phi) is 5.31. The van der Waals surface area contributed by atoms with Crippen LogP contribution in [0.1, 0.15) is 50.0 Å². The normalized spacial score (nSPS) is 13.4. The van der Waals surface area contributed by atoms with Crippen molar-refractivity contribution in [3.8, 4) is 0 Å². The third-order valence-corrected chi connectivity index (χ3v) is 5.28. The van der Waals surface area contributed by atoms with Crippen LogP contribution in [-0.2, 0) is 12.0 Å². The molecule has 2 rings (SSSR count). The highest BCUT2D eigenvalue weighted by Crippen LogP contribution is 2.27. The molecular formula is C16H20Cl2N2S. The standard InChI is InChI=1S/C16H20Cl2N2S/c1-10(11-5-6-13(17)14(18)7-11)19-8-12-9-21-15(20-12)16(2,3)4/h5-7,9-10,19H,8H2,1-4H3. The van der Waals surface area contributed by atoms with Gasteiger partial charge in [0.25, 0.3) is 0 Å². The molecule has 1 aromatic carbocycles. The zero-order valence-corrected chi connectivity index (χ0v) is 15.0. The monoisotopic (exact) mass is 342 g/mol. The first-order valence-electron chi connectivity index (χ1n) is 6.90. The number of hydrogen-bond acceptors (Lipinski definition) is 3. The highest BCUT2D eigenvalue weighted by atomic mass is 35.5. The van der Waals surface area contributed by atoms with Crippen molar-refractivity contribution in [2.75, 3.05) is 0 Å². The SMILES string of the molecule is CC(NCc1csc(C(C)(C)C)n1)c1ccc(Cl)c(Cl)c1. The van der Waals surface area contributed by atoms with E-state index in [1.54, 1.807) is 11.3 Å². The summed E-state index contributed by atoms with van der Waals surface area (Å²) in [6.07, 6.45) is 0. The number of aromatic nitrogens is 1. The Labute approximate surface area is 140 Å². The first-order valence-corrected chi connectivity index (χ1v) is 8.54. The van der Waals surface area contributed by atoms with E-state index < -0.39 is 0 Å². The zero-order valence-electron chi connectivity index (χ0n) is 12.7. The van der Waals surface area contributed by atoms with Gasteiger partial charge in [-0.05, 0) is 24.6 Å². The zero-order chi connectivity index (χ0) is 15.6. The number of benzene rings is 1. The van der Waals surface area contributed by atoms with E-state index in [1.807, 2.05) is 18.2 Å². The van der Waals surface area contributed by atoms with Crippen LogP contribution >= 0.6 is 34.5 Å². The summed E-state index contributed by atoms with van der Waals surface area (Å²) in [5, 5.41) is 7.93. The van der Waals surface area contributed by atoms with Crippen LogP contribution in [0, 0.1) is 0 Å². The van der Waals surface area contributed by atoms with E-state index in [-0.39, 0.29) is 11.5 Å². The minimum Gasteiger partial charge on any atom is -0.305 e. The average molecular weight is 343 g/mol. The summed E-state index contributed by atoms with van der Waals surface area (Å²) in [6, 6.07) is 5.92. The molecule has 1 N–H and O–H groups in total. The van der Waals surface area contributed by atoms with Crippen molar-refractivity contribution in [2.45, 2.75) is 45.7 Å². The van der Waals surface area contributed by atoms with E-state index in [9.17, 15) is 0 Å². The maximum absolute atomic E-state index is 6.06. The Hall–Kier alpha value is -0.610. The second kappa shape index (κ2) is 6.66. The van der Waals surface area contributed by atoms with Crippen molar-refractivity contribution in [1.29, 1.82) is 0 Å². The maximum Gasteiger partial charge on any atom is 0.0982 e. The molecule has 1 heterocycles. The molecule has 0 aliphatic heterocycles. The predicted octanol–water partition coefficient (Wildman–Crippen LogP) is 5.60. The van der Waals surface area contributed by atoms with Gasteiger partial charge in [0.2, 0.25) is 0 Å². The molecule has 2 aromatic rings. The molecule has 5 heteroatoms. The highest BCUT2D eigenvalue weighted by Gasteiger charge is 2.18. The van der Waals surface area contributed by atoms with Gasteiger partial charge in [-0.1, -0.05) is 50.0 Å². The molecule has 0 fully saturated rings. The summed E-state index contributed by atoms with van der Waals surface area (Å²) in [5.74, 6) is 0. The van der Waals surface area contributed by atoms with Crippen LogP contribution in [0.2, 0.25) is 10.0 Å². The summed E-state index contributed by atoms with van der Waals surface area (Å²) in [5.41, 5.74) is 2.31. The Morgan fingerprint density at radius 3 is 2.52 bits per heavy atom. The first-order chi connectivity index (χ1) is 9.77. The molecule has 1 unspecified atom stereocenters. The van der Waals surface area contributed by atoms with E-state index in [1.165, 1.54) is 5.01 Å². The first kappa shape index (κ1) is 16.8. The molecule has 0 amide bonds. The molecule has 0 aliphatic carbocycles. The Balaban J connectivity index is 1.99. The van der Waals surface area contributed by atoms with Gasteiger partial charge in [-0.3, -0.25) is 0 Å². The fraction of sp³-hybridized carbons (Fsp3) is 0.438. The van der Waals surface area contributed by atoms with Crippen molar-refractivity contribution < 1.29 is 0 Å². The van der Waals surface area contributed by atoms with Gasteiger partial charge in [-0.25, -0.2) is 4.98 Å². The number of hydrogen-bond donors (Lipinski definition) is 1. The Bertz CT molecular complexity index is 617. The maximum atomic E-state index is 6.06. The second-order valence-electron chi connectivity index (χ2n) is 6.17. The fourth-order valence-electron chi connectivity index (χ4n) is 1.89. The van der Waals surface area contributed by atoms with Crippen LogP contribution < -0.4 is 5.32 Å². The predicted molar refractivity (Wildman–Crippen MR) is 92.5 cm³/mol. The van der Waals surface area contributed by atoms with Gasteiger partial charge in [0.1, 0.15) is 0 Å². The lowest BCUT2D eigenvalue weighted by Crippen LogP contribution is -2.18. The van der Waals surface area contributed by atoms with Crippen LogP contribution in [0.3, 0.4) is 0 Å². The van der Waals surface area contributed by atoms with Gasteiger partial charge < -0.3 is 5.32 Å². The van der Waals surface area contributed by atoms with Gasteiger partial charge >= 0.3 is 0 Å². The molecule has 2 nitrogen and oxygen atoms in total. The number of rotatable bonds is 4. The minimum absolute atomic E-state index is 0.109. The molecule has 114 valence electrons. The summed E-state index contributed by atoms with van der Waals surface area (Å²) >= 11 is 13.7. The lowest BCUT2D eigenvalue weighted by Gasteiger charge is -2.15. The summed E-state index contributed by atoms with van der Waals surface area (Å²) in [7, 11) is 0. The summed E-state index contributed by atoms with van der Waals surface area (Å²) in [4.78, 5) is 4.69. The molecule has 21 heavy (non-hydrogen) atoms. The van der Waals surface area contributed by atoms with Crippen molar-refractivity contribution in [2.24, 2.45) is 0 Å².